The molecule has 1 atom stereocenters. The molecule has 0 aliphatic carbocycles. The molecule has 24 heavy (non-hydrogen) atoms. The van der Waals surface area contributed by atoms with Crippen LogP contribution in [0.3, 0.4) is 0 Å². The van der Waals surface area contributed by atoms with Crippen LogP contribution < -0.4 is 17.3 Å². The zero-order valence-corrected chi connectivity index (χ0v) is 16.8. The Morgan fingerprint density at radius 1 is 1.29 bits per heavy atom. The van der Waals surface area contributed by atoms with E-state index in [4.69, 9.17) is 4.74 Å². The van der Waals surface area contributed by atoms with E-state index in [9.17, 15) is 9.90 Å². The average Bonchev–Trinajstić information content (AvgIpc) is 2.37. The van der Waals surface area contributed by atoms with Crippen molar-refractivity contribution in [3.8, 4) is 5.75 Å². The second-order valence-corrected chi connectivity index (χ2v) is 7.77. The molecule has 0 bridgehead atoms. The van der Waals surface area contributed by atoms with Gasteiger partial charge in [-0.25, -0.2) is 0 Å². The van der Waals surface area contributed by atoms with Crippen LogP contribution in [0, 0.1) is 6.92 Å². The van der Waals surface area contributed by atoms with Crippen LogP contribution in [0.1, 0.15) is 50.8 Å². The Bertz CT molecular complexity index is 550. The third-order valence-electron chi connectivity index (χ3n) is 3.81. The van der Waals surface area contributed by atoms with Gasteiger partial charge in [-0.05, 0) is 42.4 Å². The van der Waals surface area contributed by atoms with Crippen LogP contribution in [-0.2, 0) is 21.4 Å². The molecule has 1 aromatic carbocycles. The number of benzene rings is 1. The number of likely N-dealkylation sites (N-methyl/N-ethyl adjacent to an activating group) is 1. The molecule has 0 saturated carbocycles. The predicted molar refractivity (Wildman–Crippen MR) is 93.1 cm³/mol. The number of nitrogens with one attached hydrogen (secondary N) is 1. The third-order valence-corrected chi connectivity index (χ3v) is 3.81. The Morgan fingerprint density at radius 2 is 1.88 bits per heavy atom. The second-order valence-electron chi connectivity index (χ2n) is 7.77. The van der Waals surface area contributed by atoms with Gasteiger partial charge in [0, 0.05) is 6.42 Å². The van der Waals surface area contributed by atoms with Crippen molar-refractivity contribution in [2.75, 3.05) is 20.6 Å². The maximum Gasteiger partial charge on any atom is 0.306 e. The van der Waals surface area contributed by atoms with Crippen LogP contribution in [0.2, 0.25) is 0 Å². The molecule has 1 aromatic rings. The van der Waals surface area contributed by atoms with Gasteiger partial charge in [0.05, 0.1) is 14.1 Å². The number of ether oxygens (including phenoxy) is 1. The summed E-state index contributed by atoms with van der Waals surface area (Å²) >= 11 is 0. The van der Waals surface area contributed by atoms with Gasteiger partial charge in [0.15, 0.2) is 0 Å². The van der Waals surface area contributed by atoms with Crippen LogP contribution in [0.25, 0.3) is 0 Å². The summed E-state index contributed by atoms with van der Waals surface area (Å²) in [5.74, 6) is 0.188. The number of carbonyl (C=O) groups excluding carboxylic acids is 1. The first kappa shape index (κ1) is 22.7. The van der Waals surface area contributed by atoms with Crippen LogP contribution in [-0.4, -0.2) is 37.8 Å². The van der Waals surface area contributed by atoms with E-state index in [2.05, 4.69) is 20.8 Å². The Morgan fingerprint density at radius 3 is 2.38 bits per heavy atom. The molecule has 0 aliphatic rings. The molecule has 5 heteroatoms. The third kappa shape index (κ3) is 7.10. The van der Waals surface area contributed by atoms with Crippen LogP contribution in [0.4, 0.5) is 0 Å². The van der Waals surface area contributed by atoms with Crippen molar-refractivity contribution in [1.29, 1.82) is 0 Å². The summed E-state index contributed by atoms with van der Waals surface area (Å²) in [5, 5.41) is 10.2. The van der Waals surface area contributed by atoms with Gasteiger partial charge < -0.3 is 27.2 Å². The molecule has 0 heterocycles. The largest absolute Gasteiger partial charge is 1.00 e. The highest BCUT2D eigenvalue weighted by Crippen LogP contribution is 2.34. The lowest BCUT2D eigenvalue weighted by Crippen LogP contribution is -3.06. The lowest BCUT2D eigenvalue weighted by molar-refractivity contribution is -0.861. The fraction of sp³-hybridized carbons (Fsp3) is 0.632. The van der Waals surface area contributed by atoms with Crippen molar-refractivity contribution in [2.45, 2.75) is 59.0 Å². The summed E-state index contributed by atoms with van der Waals surface area (Å²) in [6, 6.07) is 3.95. The lowest BCUT2D eigenvalue weighted by atomic mass is 9.83. The first-order valence-electron chi connectivity index (χ1n) is 8.32. The fourth-order valence-corrected chi connectivity index (χ4v) is 2.72. The van der Waals surface area contributed by atoms with E-state index in [0.717, 1.165) is 23.2 Å². The molecule has 2 N–H and O–H groups in total. The summed E-state index contributed by atoms with van der Waals surface area (Å²) in [6.45, 7) is 10.8. The van der Waals surface area contributed by atoms with E-state index in [1.807, 2.05) is 40.1 Å². The van der Waals surface area contributed by atoms with Gasteiger partial charge in [-0.15, -0.1) is 0 Å². The summed E-state index contributed by atoms with van der Waals surface area (Å²) in [4.78, 5) is 13.2. The minimum atomic E-state index is -0.165. The molecule has 4 nitrogen and oxygen atoms in total. The minimum Gasteiger partial charge on any atom is -1.00 e. The zero-order chi connectivity index (χ0) is 17.8. The molecule has 1 rings (SSSR count). The first-order chi connectivity index (χ1) is 10.5. The highest BCUT2D eigenvalue weighted by Gasteiger charge is 2.20. The number of aryl methyl sites for hydroxylation is 2. The van der Waals surface area contributed by atoms with E-state index in [1.165, 1.54) is 4.90 Å². The molecular formula is C19H32ClNO3. The van der Waals surface area contributed by atoms with Crippen molar-refractivity contribution < 1.29 is 31.9 Å². The van der Waals surface area contributed by atoms with Gasteiger partial charge in [0.2, 0.25) is 0 Å². The van der Waals surface area contributed by atoms with Gasteiger partial charge in [0.25, 0.3) is 0 Å². The molecule has 0 saturated heterocycles. The summed E-state index contributed by atoms with van der Waals surface area (Å²) in [5.41, 5.74) is 2.71. The standard InChI is InChI=1S/C19H31NO3.ClH/c1-13-10-15(11-16(18(13)22)19(3,4)5)8-9-17(21)23-14(2)12-20(6)7;/h10-11,14,22H,8-9,12H2,1-7H3;1H. The number of esters is 1. The van der Waals surface area contributed by atoms with Crippen molar-refractivity contribution in [3.05, 3.63) is 28.8 Å². The number of aromatic hydroxyl groups is 1. The van der Waals surface area contributed by atoms with Gasteiger partial charge in [0.1, 0.15) is 18.4 Å². The quantitative estimate of drug-likeness (QED) is 0.643. The van der Waals surface area contributed by atoms with Crippen molar-refractivity contribution in [3.63, 3.8) is 0 Å². The number of hydrogen-bond acceptors (Lipinski definition) is 3. The number of quaternary nitrogens is 1. The molecule has 0 aliphatic heterocycles. The van der Waals surface area contributed by atoms with E-state index < -0.39 is 0 Å². The fourth-order valence-electron chi connectivity index (χ4n) is 2.72. The van der Waals surface area contributed by atoms with Crippen molar-refractivity contribution in [1.82, 2.24) is 0 Å². The van der Waals surface area contributed by atoms with Gasteiger partial charge in [-0.3, -0.25) is 4.79 Å². The number of hydrogen-bond donors (Lipinski definition) is 2. The predicted octanol–water partition coefficient (Wildman–Crippen LogP) is -0.989. The molecule has 0 fully saturated rings. The maximum absolute atomic E-state index is 12.0. The highest BCUT2D eigenvalue weighted by atomic mass is 35.5. The maximum atomic E-state index is 12.0. The van der Waals surface area contributed by atoms with Gasteiger partial charge >= 0.3 is 5.97 Å². The Hall–Kier alpha value is -1.26. The smallest absolute Gasteiger partial charge is 0.306 e. The van der Waals surface area contributed by atoms with Crippen LogP contribution in [0.5, 0.6) is 5.75 Å². The Labute approximate surface area is 152 Å². The number of phenols is 1. The average molecular weight is 358 g/mol. The topological polar surface area (TPSA) is 51.0 Å². The molecule has 138 valence electrons. The summed E-state index contributed by atoms with van der Waals surface area (Å²) in [7, 11) is 4.08. The Balaban J connectivity index is 0.00000529. The molecule has 0 aromatic heterocycles. The lowest BCUT2D eigenvalue weighted by Gasteiger charge is -2.22. The monoisotopic (exact) mass is 357 g/mol. The number of halogens is 1. The van der Waals surface area contributed by atoms with Gasteiger partial charge in [-0.1, -0.05) is 32.9 Å². The molecule has 0 radical (unpaired) electrons. The normalized spacial score (nSPS) is 12.7. The summed E-state index contributed by atoms with van der Waals surface area (Å²) < 4.78 is 5.43. The second kappa shape index (κ2) is 9.28. The van der Waals surface area contributed by atoms with E-state index in [0.29, 0.717) is 18.6 Å². The number of phenolic OH excluding ortho intramolecular Hbond substituents is 1. The van der Waals surface area contributed by atoms with Crippen molar-refractivity contribution in [2.24, 2.45) is 0 Å². The van der Waals surface area contributed by atoms with E-state index in [1.54, 1.807) is 0 Å². The number of carbonyl (C=O) groups is 1. The molecule has 0 spiro atoms. The zero-order valence-electron chi connectivity index (χ0n) is 16.0. The van der Waals surface area contributed by atoms with E-state index in [-0.39, 0.29) is 29.9 Å². The molecule has 0 amide bonds. The van der Waals surface area contributed by atoms with Crippen LogP contribution >= 0.6 is 0 Å². The summed E-state index contributed by atoms with van der Waals surface area (Å²) in [6.07, 6.45) is 0.921. The molecular weight excluding hydrogens is 326 g/mol. The minimum absolute atomic E-state index is 0. The van der Waals surface area contributed by atoms with Crippen molar-refractivity contribution >= 4 is 5.97 Å². The molecule has 1 unspecified atom stereocenters. The Kier molecular flexibility index (Phi) is 8.80. The van der Waals surface area contributed by atoms with Crippen LogP contribution in [0.15, 0.2) is 12.1 Å². The van der Waals surface area contributed by atoms with E-state index >= 15 is 0 Å². The van der Waals surface area contributed by atoms with Gasteiger partial charge in [-0.2, -0.15) is 0 Å². The highest BCUT2D eigenvalue weighted by molar-refractivity contribution is 5.70. The SMILES string of the molecule is Cc1cc(CCC(=O)OC(C)C[NH+](C)C)cc(C(C)(C)C)c1O.[Cl-]. The first-order valence-corrected chi connectivity index (χ1v) is 8.32. The number of rotatable bonds is 6.